The third kappa shape index (κ3) is 4.22. The SMILES string of the molecule is Cc1ccc(OC(C)CC(C)(CO)NC2CC2)cc1C. The Kier molecular flexibility index (Phi) is 4.71. The van der Waals surface area contributed by atoms with Gasteiger partial charge in [-0.15, -0.1) is 0 Å². The van der Waals surface area contributed by atoms with Crippen LogP contribution in [0.5, 0.6) is 5.75 Å². The molecule has 20 heavy (non-hydrogen) atoms. The standard InChI is InChI=1S/C17H27NO2/c1-12-5-8-16(9-13(12)2)20-14(3)10-17(4,11-19)18-15-6-7-15/h5,8-9,14-15,18-19H,6-7,10-11H2,1-4H3. The predicted molar refractivity (Wildman–Crippen MR) is 82.3 cm³/mol. The zero-order valence-corrected chi connectivity index (χ0v) is 13.1. The van der Waals surface area contributed by atoms with E-state index in [1.54, 1.807) is 0 Å². The fraction of sp³-hybridized carbons (Fsp3) is 0.647. The van der Waals surface area contributed by atoms with E-state index in [-0.39, 0.29) is 18.2 Å². The van der Waals surface area contributed by atoms with Crippen molar-refractivity contribution in [3.8, 4) is 5.75 Å². The van der Waals surface area contributed by atoms with Crippen molar-refractivity contribution < 1.29 is 9.84 Å². The zero-order valence-electron chi connectivity index (χ0n) is 13.1. The zero-order chi connectivity index (χ0) is 14.8. The summed E-state index contributed by atoms with van der Waals surface area (Å²) < 4.78 is 6.00. The lowest BCUT2D eigenvalue weighted by molar-refractivity contribution is 0.108. The first kappa shape index (κ1) is 15.3. The molecule has 2 N–H and O–H groups in total. The Balaban J connectivity index is 1.92. The van der Waals surface area contributed by atoms with Crippen molar-refractivity contribution in [3.63, 3.8) is 0 Å². The van der Waals surface area contributed by atoms with Gasteiger partial charge in [0.05, 0.1) is 12.7 Å². The summed E-state index contributed by atoms with van der Waals surface area (Å²) in [4.78, 5) is 0. The Labute approximate surface area is 122 Å². The number of benzene rings is 1. The number of hydrogen-bond acceptors (Lipinski definition) is 3. The number of nitrogens with one attached hydrogen (secondary N) is 1. The van der Waals surface area contributed by atoms with E-state index < -0.39 is 0 Å². The molecule has 1 aromatic carbocycles. The average molecular weight is 277 g/mol. The monoisotopic (exact) mass is 277 g/mol. The molecule has 3 nitrogen and oxygen atoms in total. The van der Waals surface area contributed by atoms with Crippen molar-refractivity contribution >= 4 is 0 Å². The lowest BCUT2D eigenvalue weighted by Gasteiger charge is -2.32. The molecule has 0 bridgehead atoms. The predicted octanol–water partition coefficient (Wildman–Crippen LogP) is 2.96. The molecule has 1 saturated carbocycles. The van der Waals surface area contributed by atoms with Gasteiger partial charge in [-0.3, -0.25) is 0 Å². The summed E-state index contributed by atoms with van der Waals surface area (Å²) in [5.41, 5.74) is 2.27. The van der Waals surface area contributed by atoms with Crippen LogP contribution in [-0.2, 0) is 0 Å². The molecule has 0 amide bonds. The molecule has 1 aliphatic carbocycles. The summed E-state index contributed by atoms with van der Waals surface area (Å²) in [7, 11) is 0. The van der Waals surface area contributed by atoms with Crippen molar-refractivity contribution in [1.82, 2.24) is 5.32 Å². The Bertz CT molecular complexity index is 456. The van der Waals surface area contributed by atoms with Crippen LogP contribution in [0.4, 0.5) is 0 Å². The van der Waals surface area contributed by atoms with Gasteiger partial charge in [0.2, 0.25) is 0 Å². The van der Waals surface area contributed by atoms with Crippen LogP contribution in [0, 0.1) is 13.8 Å². The Morgan fingerprint density at radius 1 is 1.35 bits per heavy atom. The van der Waals surface area contributed by atoms with E-state index in [1.807, 2.05) is 6.07 Å². The first-order valence-corrected chi connectivity index (χ1v) is 7.54. The maximum absolute atomic E-state index is 9.64. The third-order valence-corrected chi connectivity index (χ3v) is 4.03. The van der Waals surface area contributed by atoms with Gasteiger partial charge in [0.25, 0.3) is 0 Å². The second-order valence-corrected chi connectivity index (χ2v) is 6.52. The van der Waals surface area contributed by atoms with E-state index in [2.05, 4.69) is 45.1 Å². The Morgan fingerprint density at radius 3 is 2.60 bits per heavy atom. The highest BCUT2D eigenvalue weighted by molar-refractivity contribution is 5.33. The van der Waals surface area contributed by atoms with E-state index in [4.69, 9.17) is 4.74 Å². The second kappa shape index (κ2) is 6.15. The smallest absolute Gasteiger partial charge is 0.119 e. The third-order valence-electron chi connectivity index (χ3n) is 4.03. The normalized spacial score (nSPS) is 19.4. The molecule has 112 valence electrons. The molecule has 0 aromatic heterocycles. The van der Waals surface area contributed by atoms with Crippen molar-refractivity contribution in [2.24, 2.45) is 0 Å². The lowest BCUT2D eigenvalue weighted by Crippen LogP contribution is -2.49. The summed E-state index contributed by atoms with van der Waals surface area (Å²) in [6, 6.07) is 6.77. The van der Waals surface area contributed by atoms with Crippen molar-refractivity contribution in [2.75, 3.05) is 6.61 Å². The molecule has 1 fully saturated rings. The van der Waals surface area contributed by atoms with Crippen LogP contribution in [-0.4, -0.2) is 29.4 Å². The van der Waals surface area contributed by atoms with E-state index in [0.717, 1.165) is 12.2 Å². The highest BCUT2D eigenvalue weighted by Crippen LogP contribution is 2.26. The quantitative estimate of drug-likeness (QED) is 0.805. The van der Waals surface area contributed by atoms with Crippen molar-refractivity contribution in [1.29, 1.82) is 0 Å². The summed E-state index contributed by atoms with van der Waals surface area (Å²) in [6.07, 6.45) is 3.32. The van der Waals surface area contributed by atoms with Gasteiger partial charge in [0.15, 0.2) is 0 Å². The van der Waals surface area contributed by atoms with Gasteiger partial charge in [0, 0.05) is 18.0 Å². The topological polar surface area (TPSA) is 41.5 Å². The van der Waals surface area contributed by atoms with Crippen LogP contribution in [0.3, 0.4) is 0 Å². The van der Waals surface area contributed by atoms with Gasteiger partial charge in [-0.1, -0.05) is 6.07 Å². The van der Waals surface area contributed by atoms with Crippen LogP contribution in [0.2, 0.25) is 0 Å². The largest absolute Gasteiger partial charge is 0.491 e. The van der Waals surface area contributed by atoms with E-state index in [0.29, 0.717) is 6.04 Å². The molecule has 0 radical (unpaired) electrons. The molecule has 0 heterocycles. The van der Waals surface area contributed by atoms with Crippen molar-refractivity contribution in [3.05, 3.63) is 29.3 Å². The molecule has 1 aromatic rings. The highest BCUT2D eigenvalue weighted by atomic mass is 16.5. The van der Waals surface area contributed by atoms with Gasteiger partial charge in [0.1, 0.15) is 5.75 Å². The maximum atomic E-state index is 9.64. The summed E-state index contributed by atoms with van der Waals surface area (Å²) in [5, 5.41) is 13.2. The van der Waals surface area contributed by atoms with Crippen LogP contribution in [0.15, 0.2) is 18.2 Å². The average Bonchev–Trinajstić information content (AvgIpc) is 3.17. The summed E-state index contributed by atoms with van der Waals surface area (Å²) in [6.45, 7) is 8.48. The fourth-order valence-electron chi connectivity index (χ4n) is 2.59. The molecule has 0 aliphatic heterocycles. The van der Waals surface area contributed by atoms with E-state index in [1.165, 1.54) is 24.0 Å². The van der Waals surface area contributed by atoms with Crippen LogP contribution in [0.1, 0.15) is 44.2 Å². The minimum atomic E-state index is -0.250. The highest BCUT2D eigenvalue weighted by Gasteiger charge is 2.33. The Morgan fingerprint density at radius 2 is 2.05 bits per heavy atom. The van der Waals surface area contributed by atoms with Gasteiger partial charge < -0.3 is 15.2 Å². The number of aliphatic hydroxyl groups is 1. The Hall–Kier alpha value is -1.06. The van der Waals surface area contributed by atoms with Crippen LogP contribution in [0.25, 0.3) is 0 Å². The van der Waals surface area contributed by atoms with E-state index in [9.17, 15) is 5.11 Å². The van der Waals surface area contributed by atoms with E-state index >= 15 is 0 Å². The number of aryl methyl sites for hydroxylation is 2. The fourth-order valence-corrected chi connectivity index (χ4v) is 2.59. The van der Waals surface area contributed by atoms with Crippen molar-refractivity contribution in [2.45, 2.75) is 64.6 Å². The molecular formula is C17H27NO2. The maximum Gasteiger partial charge on any atom is 0.119 e. The van der Waals surface area contributed by atoms with Gasteiger partial charge >= 0.3 is 0 Å². The van der Waals surface area contributed by atoms with Crippen LogP contribution < -0.4 is 10.1 Å². The molecule has 2 atom stereocenters. The molecule has 1 aliphatic rings. The molecule has 0 saturated heterocycles. The molecule has 2 rings (SSSR count). The number of hydrogen-bond donors (Lipinski definition) is 2. The second-order valence-electron chi connectivity index (χ2n) is 6.52. The lowest BCUT2D eigenvalue weighted by atomic mass is 9.95. The summed E-state index contributed by atoms with van der Waals surface area (Å²) in [5.74, 6) is 0.910. The first-order chi connectivity index (χ1) is 9.42. The van der Waals surface area contributed by atoms with Gasteiger partial charge in [-0.2, -0.15) is 0 Å². The minimum Gasteiger partial charge on any atom is -0.491 e. The van der Waals surface area contributed by atoms with Gasteiger partial charge in [-0.05, 0) is 63.8 Å². The number of ether oxygens (including phenoxy) is 1. The molecule has 3 heteroatoms. The minimum absolute atomic E-state index is 0.0699. The number of rotatable bonds is 7. The number of aliphatic hydroxyl groups excluding tert-OH is 1. The molecule has 0 spiro atoms. The van der Waals surface area contributed by atoms with Crippen LogP contribution >= 0.6 is 0 Å². The first-order valence-electron chi connectivity index (χ1n) is 7.54. The molecule has 2 unspecified atom stereocenters. The van der Waals surface area contributed by atoms with Gasteiger partial charge in [-0.25, -0.2) is 0 Å². The summed E-state index contributed by atoms with van der Waals surface area (Å²) >= 11 is 0. The molecular weight excluding hydrogens is 250 g/mol.